The summed E-state index contributed by atoms with van der Waals surface area (Å²) < 4.78 is 43.6. The molecular formula is C14H16N2O7S. The SMILES string of the molecule is CC12COC(C3CN3S(=O)(=O)c3ccccc3[N+](=O)[O-])(OC1)OC2. The molecule has 4 heterocycles. The second-order valence-electron chi connectivity index (χ2n) is 6.60. The van der Waals surface area contributed by atoms with Crippen LogP contribution in [-0.2, 0) is 24.2 Å². The Morgan fingerprint density at radius 1 is 1.21 bits per heavy atom. The van der Waals surface area contributed by atoms with Crippen molar-refractivity contribution in [3.63, 3.8) is 0 Å². The maximum absolute atomic E-state index is 12.8. The first kappa shape index (κ1) is 15.9. The zero-order chi connectivity index (χ0) is 17.2. The van der Waals surface area contributed by atoms with E-state index in [0.717, 1.165) is 4.31 Å². The van der Waals surface area contributed by atoms with Crippen LogP contribution in [0.5, 0.6) is 0 Å². The Morgan fingerprint density at radius 3 is 2.38 bits per heavy atom. The quantitative estimate of drug-likeness (QED) is 0.444. The van der Waals surface area contributed by atoms with Gasteiger partial charge in [0.25, 0.3) is 15.7 Å². The van der Waals surface area contributed by atoms with Crippen molar-refractivity contribution in [2.45, 2.75) is 23.8 Å². The Hall–Kier alpha value is -1.59. The largest absolute Gasteiger partial charge is 0.325 e. The van der Waals surface area contributed by atoms with Crippen LogP contribution in [-0.4, -0.2) is 56.0 Å². The lowest BCUT2D eigenvalue weighted by molar-refractivity contribution is -0.466. The van der Waals surface area contributed by atoms with Crippen LogP contribution in [0, 0.1) is 15.5 Å². The van der Waals surface area contributed by atoms with Crippen LogP contribution >= 0.6 is 0 Å². The summed E-state index contributed by atoms with van der Waals surface area (Å²) in [7, 11) is -4.03. The predicted molar refractivity (Wildman–Crippen MR) is 79.5 cm³/mol. The van der Waals surface area contributed by atoms with Crippen LogP contribution in [0.3, 0.4) is 0 Å². The van der Waals surface area contributed by atoms with E-state index in [4.69, 9.17) is 14.2 Å². The van der Waals surface area contributed by atoms with Gasteiger partial charge in [0.1, 0.15) is 6.04 Å². The van der Waals surface area contributed by atoms with Gasteiger partial charge in [0.05, 0.1) is 24.7 Å². The molecule has 0 spiro atoms. The van der Waals surface area contributed by atoms with Crippen molar-refractivity contribution in [3.8, 4) is 0 Å². The molecule has 130 valence electrons. The van der Waals surface area contributed by atoms with Crippen LogP contribution in [0.25, 0.3) is 0 Å². The number of benzene rings is 1. The van der Waals surface area contributed by atoms with E-state index in [1.807, 2.05) is 6.92 Å². The first-order chi connectivity index (χ1) is 11.3. The molecule has 0 N–H and O–H groups in total. The predicted octanol–water partition coefficient (Wildman–Crippen LogP) is 0.705. The number of hydrogen-bond donors (Lipinski definition) is 0. The third kappa shape index (κ3) is 2.25. The van der Waals surface area contributed by atoms with Crippen LogP contribution < -0.4 is 0 Å². The zero-order valence-electron chi connectivity index (χ0n) is 12.9. The normalized spacial score (nSPS) is 38.0. The summed E-state index contributed by atoms with van der Waals surface area (Å²) in [5.74, 6) is -1.41. The number of rotatable bonds is 4. The van der Waals surface area contributed by atoms with E-state index in [1.165, 1.54) is 24.3 Å². The van der Waals surface area contributed by atoms with Gasteiger partial charge >= 0.3 is 5.97 Å². The van der Waals surface area contributed by atoms with Crippen molar-refractivity contribution < 1.29 is 27.6 Å². The van der Waals surface area contributed by atoms with Crippen LogP contribution in [0.1, 0.15) is 6.92 Å². The molecule has 2 atom stereocenters. The summed E-state index contributed by atoms with van der Waals surface area (Å²) in [5, 5.41) is 11.1. The van der Waals surface area contributed by atoms with Crippen molar-refractivity contribution in [2.75, 3.05) is 26.4 Å². The highest BCUT2D eigenvalue weighted by Gasteiger charge is 2.65. The molecule has 0 aliphatic carbocycles. The maximum Gasteiger partial charge on any atom is 0.302 e. The first-order valence-electron chi connectivity index (χ1n) is 7.45. The Bertz CT molecular complexity index is 785. The number of fused-ring (bicyclic) bond motifs is 3. The molecule has 4 saturated heterocycles. The van der Waals surface area contributed by atoms with Crippen LogP contribution in [0.15, 0.2) is 29.2 Å². The number of nitrogens with zero attached hydrogens (tertiary/aromatic N) is 2. The lowest BCUT2D eigenvalue weighted by Crippen LogP contribution is -2.62. The van der Waals surface area contributed by atoms with Crippen LogP contribution in [0.4, 0.5) is 5.69 Å². The number of sulfonamides is 1. The number of hydrogen-bond acceptors (Lipinski definition) is 7. The summed E-state index contributed by atoms with van der Waals surface area (Å²) in [4.78, 5) is 10.1. The summed E-state index contributed by atoms with van der Waals surface area (Å²) in [6.45, 7) is 3.35. The van der Waals surface area contributed by atoms with Gasteiger partial charge < -0.3 is 14.2 Å². The molecule has 4 aliphatic rings. The van der Waals surface area contributed by atoms with E-state index in [1.54, 1.807) is 0 Å². The van der Waals surface area contributed by atoms with Crippen molar-refractivity contribution in [3.05, 3.63) is 34.4 Å². The lowest BCUT2D eigenvalue weighted by atomic mass is 9.91. The smallest absolute Gasteiger partial charge is 0.302 e. The summed E-state index contributed by atoms with van der Waals surface area (Å²) in [6.07, 6.45) is 0. The molecule has 2 unspecified atom stereocenters. The topological polar surface area (TPSA) is 108 Å². The fourth-order valence-corrected chi connectivity index (χ4v) is 4.70. The molecule has 10 heteroatoms. The van der Waals surface area contributed by atoms with Crippen molar-refractivity contribution in [1.82, 2.24) is 4.31 Å². The van der Waals surface area contributed by atoms with Gasteiger partial charge in [-0.25, -0.2) is 8.42 Å². The summed E-state index contributed by atoms with van der Waals surface area (Å²) in [6, 6.07) is 4.62. The minimum Gasteiger partial charge on any atom is -0.325 e. The summed E-state index contributed by atoms with van der Waals surface area (Å²) in [5.41, 5.74) is -0.679. The van der Waals surface area contributed by atoms with E-state index < -0.39 is 32.6 Å². The monoisotopic (exact) mass is 356 g/mol. The highest BCUT2D eigenvalue weighted by atomic mass is 32.2. The number of nitro groups is 1. The minimum atomic E-state index is -4.03. The molecule has 9 nitrogen and oxygen atoms in total. The molecule has 0 aromatic heterocycles. The van der Waals surface area contributed by atoms with Gasteiger partial charge in [-0.2, -0.15) is 4.31 Å². The number of ether oxygens (including phenoxy) is 3. The Labute approximate surface area is 138 Å². The zero-order valence-corrected chi connectivity index (χ0v) is 13.7. The summed E-state index contributed by atoms with van der Waals surface area (Å²) >= 11 is 0. The maximum atomic E-state index is 12.8. The molecule has 5 rings (SSSR count). The Balaban J connectivity index is 1.61. The van der Waals surface area contributed by atoms with Gasteiger partial charge in [-0.3, -0.25) is 10.1 Å². The van der Waals surface area contributed by atoms with E-state index in [0.29, 0.717) is 19.8 Å². The van der Waals surface area contributed by atoms with Gasteiger partial charge in [-0.05, 0) is 6.07 Å². The van der Waals surface area contributed by atoms with Gasteiger partial charge in [-0.15, -0.1) is 0 Å². The van der Waals surface area contributed by atoms with Crippen molar-refractivity contribution in [2.24, 2.45) is 5.41 Å². The Morgan fingerprint density at radius 2 is 1.79 bits per heavy atom. The van der Waals surface area contributed by atoms with Crippen molar-refractivity contribution in [1.29, 1.82) is 0 Å². The molecule has 0 amide bonds. The second-order valence-corrected chi connectivity index (χ2v) is 8.45. The molecule has 4 aliphatic heterocycles. The van der Waals surface area contributed by atoms with E-state index in [-0.39, 0.29) is 16.9 Å². The molecule has 4 fully saturated rings. The molecular weight excluding hydrogens is 340 g/mol. The van der Waals surface area contributed by atoms with Gasteiger partial charge in [0, 0.05) is 18.0 Å². The molecule has 0 radical (unpaired) electrons. The third-order valence-electron chi connectivity index (χ3n) is 4.49. The number of nitro benzene ring substituents is 1. The fraction of sp³-hybridized carbons (Fsp3) is 0.571. The molecule has 2 bridgehead atoms. The van der Waals surface area contributed by atoms with Crippen LogP contribution in [0.2, 0.25) is 0 Å². The fourth-order valence-electron chi connectivity index (χ4n) is 2.99. The lowest BCUT2D eigenvalue weighted by Gasteiger charge is -2.50. The standard InChI is InChI=1S/C14H16N2O7S/c1-13-7-21-14(22-8-13,23-9-13)12-6-15(12)24(19,20)11-5-3-2-4-10(11)16(17)18/h2-5,12H,6-9H2,1H3. The van der Waals surface area contributed by atoms with Gasteiger partial charge in [0.15, 0.2) is 4.90 Å². The minimum absolute atomic E-state index is 0.130. The van der Waals surface area contributed by atoms with Gasteiger partial charge in [0.2, 0.25) is 0 Å². The van der Waals surface area contributed by atoms with E-state index in [9.17, 15) is 18.5 Å². The highest BCUT2D eigenvalue weighted by molar-refractivity contribution is 7.89. The number of para-hydroxylation sites is 1. The molecule has 24 heavy (non-hydrogen) atoms. The van der Waals surface area contributed by atoms with Gasteiger partial charge in [-0.1, -0.05) is 19.1 Å². The second kappa shape index (κ2) is 4.96. The highest BCUT2D eigenvalue weighted by Crippen LogP contribution is 2.47. The third-order valence-corrected chi connectivity index (χ3v) is 6.41. The van der Waals surface area contributed by atoms with E-state index >= 15 is 0 Å². The van der Waals surface area contributed by atoms with E-state index in [2.05, 4.69) is 0 Å². The molecule has 1 aromatic carbocycles. The average Bonchev–Trinajstić information content (AvgIpc) is 3.38. The first-order valence-corrected chi connectivity index (χ1v) is 8.89. The van der Waals surface area contributed by atoms with Crippen molar-refractivity contribution >= 4 is 15.7 Å². The Kier molecular flexibility index (Phi) is 3.29. The molecule has 1 aromatic rings. The molecule has 0 saturated carbocycles. The average molecular weight is 356 g/mol.